The number of rotatable bonds is 2. The lowest BCUT2D eigenvalue weighted by Crippen LogP contribution is -2.39. The van der Waals surface area contributed by atoms with Crippen LogP contribution in [0.4, 0.5) is 15.8 Å². The number of anilines is 2. The van der Waals surface area contributed by atoms with Crippen molar-refractivity contribution in [2.45, 2.75) is 32.7 Å². The number of benzene rings is 3. The average Bonchev–Trinajstić information content (AvgIpc) is 2.93. The number of amides is 1. The molecule has 5 rings (SSSR count). The van der Waals surface area contributed by atoms with Crippen LogP contribution in [0.5, 0.6) is 0 Å². The minimum atomic E-state index is -0.625. The highest BCUT2D eigenvalue weighted by Crippen LogP contribution is 2.48. The summed E-state index contributed by atoms with van der Waals surface area (Å²) >= 11 is 3.49. The van der Waals surface area contributed by atoms with Crippen LogP contribution < -0.4 is 10.2 Å². The molecule has 0 saturated carbocycles. The highest BCUT2D eigenvalue weighted by Gasteiger charge is 2.43. The van der Waals surface area contributed by atoms with Gasteiger partial charge in [0.25, 0.3) is 5.91 Å². The van der Waals surface area contributed by atoms with Crippen molar-refractivity contribution in [3.63, 3.8) is 0 Å². The molecule has 1 amide bonds. The number of para-hydroxylation sites is 2. The maximum Gasteiger partial charge on any atom is 0.259 e. The van der Waals surface area contributed by atoms with Crippen molar-refractivity contribution in [1.29, 1.82) is 0 Å². The van der Waals surface area contributed by atoms with Crippen LogP contribution in [0.2, 0.25) is 0 Å². The van der Waals surface area contributed by atoms with E-state index in [0.717, 1.165) is 21.4 Å². The number of carbonyl (C=O) groups excluding carboxylic acids is 2. The molecule has 1 heterocycles. The highest BCUT2D eigenvalue weighted by atomic mass is 79.9. The molecule has 3 aromatic rings. The summed E-state index contributed by atoms with van der Waals surface area (Å²) in [5, 5.41) is 3.50. The highest BCUT2D eigenvalue weighted by molar-refractivity contribution is 9.10. The molecule has 1 N–H and O–H groups in total. The molecule has 34 heavy (non-hydrogen) atoms. The maximum atomic E-state index is 14.0. The largest absolute Gasteiger partial charge is 0.357 e. The molecular weight excluding hydrogens is 495 g/mol. The van der Waals surface area contributed by atoms with Gasteiger partial charge in [0.2, 0.25) is 0 Å². The second-order valence-electron chi connectivity index (χ2n) is 9.61. The van der Waals surface area contributed by atoms with E-state index in [4.69, 9.17) is 0 Å². The van der Waals surface area contributed by atoms with Crippen molar-refractivity contribution >= 4 is 39.0 Å². The van der Waals surface area contributed by atoms with Gasteiger partial charge in [-0.15, -0.1) is 0 Å². The van der Waals surface area contributed by atoms with Gasteiger partial charge in [-0.2, -0.15) is 0 Å². The number of allylic oxidation sites excluding steroid dienone is 1. The molecule has 6 heteroatoms. The molecule has 0 fully saturated rings. The number of Topliss-reactive ketones (excluding diaryl/α,β-unsaturated/α-hetero) is 1. The third-order valence-corrected chi connectivity index (χ3v) is 6.93. The van der Waals surface area contributed by atoms with Crippen LogP contribution in [0.1, 0.15) is 48.7 Å². The summed E-state index contributed by atoms with van der Waals surface area (Å²) in [7, 11) is 0. The van der Waals surface area contributed by atoms with E-state index in [-0.39, 0.29) is 17.1 Å². The number of hydrogen-bond acceptors (Lipinski definition) is 3. The minimum absolute atomic E-state index is 0.0244. The van der Waals surface area contributed by atoms with Crippen LogP contribution >= 0.6 is 15.9 Å². The van der Waals surface area contributed by atoms with E-state index in [9.17, 15) is 14.0 Å². The molecule has 2 aliphatic rings. The number of nitrogens with zero attached hydrogens (tertiary/aromatic N) is 1. The first-order valence-corrected chi connectivity index (χ1v) is 12.0. The van der Waals surface area contributed by atoms with Gasteiger partial charge in [-0.25, -0.2) is 4.39 Å². The number of carbonyl (C=O) groups is 2. The summed E-state index contributed by atoms with van der Waals surface area (Å²) in [4.78, 5) is 29.3. The summed E-state index contributed by atoms with van der Waals surface area (Å²) in [5.41, 5.74) is 3.87. The maximum absolute atomic E-state index is 14.0. The van der Waals surface area contributed by atoms with Crippen LogP contribution in [0.3, 0.4) is 0 Å². The van der Waals surface area contributed by atoms with Gasteiger partial charge in [0.05, 0.1) is 17.4 Å². The zero-order valence-corrected chi connectivity index (χ0v) is 20.5. The van der Waals surface area contributed by atoms with E-state index in [0.29, 0.717) is 29.7 Å². The van der Waals surface area contributed by atoms with E-state index in [2.05, 4.69) is 35.1 Å². The normalized spacial score (nSPS) is 19.1. The van der Waals surface area contributed by atoms with Crippen LogP contribution in [0.15, 0.2) is 88.5 Å². The first kappa shape index (κ1) is 22.5. The van der Waals surface area contributed by atoms with Gasteiger partial charge >= 0.3 is 0 Å². The summed E-state index contributed by atoms with van der Waals surface area (Å²) in [6.07, 6.45) is 1.09. The number of fused-ring (bicyclic) bond motifs is 1. The number of hydrogen-bond donors (Lipinski definition) is 1. The molecular formula is C28H24BrFN2O2. The Balaban J connectivity index is 1.78. The Morgan fingerprint density at radius 1 is 1.00 bits per heavy atom. The van der Waals surface area contributed by atoms with Crippen molar-refractivity contribution < 1.29 is 14.0 Å². The Hall–Kier alpha value is -3.25. The molecule has 172 valence electrons. The molecule has 1 aliphatic heterocycles. The van der Waals surface area contributed by atoms with Crippen molar-refractivity contribution in [3.8, 4) is 0 Å². The molecule has 0 spiro atoms. The van der Waals surface area contributed by atoms with E-state index in [1.54, 1.807) is 4.90 Å². The molecule has 1 unspecified atom stereocenters. The minimum Gasteiger partial charge on any atom is -0.357 e. The summed E-state index contributed by atoms with van der Waals surface area (Å²) in [6.45, 7) is 4.17. The average molecular weight is 519 g/mol. The third kappa shape index (κ3) is 4.07. The Morgan fingerprint density at radius 3 is 2.38 bits per heavy atom. The van der Waals surface area contributed by atoms with Crippen molar-refractivity contribution in [2.75, 3.05) is 10.2 Å². The zero-order valence-electron chi connectivity index (χ0n) is 18.9. The van der Waals surface area contributed by atoms with E-state index in [1.165, 1.54) is 24.3 Å². The predicted molar refractivity (Wildman–Crippen MR) is 135 cm³/mol. The van der Waals surface area contributed by atoms with Crippen molar-refractivity contribution in [3.05, 3.63) is 105 Å². The summed E-state index contributed by atoms with van der Waals surface area (Å²) in [5.74, 6) is -0.682. The van der Waals surface area contributed by atoms with Gasteiger partial charge in [0.15, 0.2) is 5.78 Å². The first-order chi connectivity index (χ1) is 16.2. The van der Waals surface area contributed by atoms with Gasteiger partial charge in [0.1, 0.15) is 5.82 Å². The van der Waals surface area contributed by atoms with Crippen LogP contribution in [-0.4, -0.2) is 11.7 Å². The summed E-state index contributed by atoms with van der Waals surface area (Å²) in [6, 6.07) is 20.2. The summed E-state index contributed by atoms with van der Waals surface area (Å²) < 4.78 is 14.5. The number of nitrogens with one attached hydrogen (secondary N) is 1. The van der Waals surface area contributed by atoms with Crippen LogP contribution in [0.25, 0.3) is 0 Å². The molecule has 0 radical (unpaired) electrons. The fourth-order valence-corrected chi connectivity index (χ4v) is 5.17. The lowest BCUT2D eigenvalue weighted by molar-refractivity contribution is -0.118. The van der Waals surface area contributed by atoms with Gasteiger partial charge in [-0.05, 0) is 65.9 Å². The van der Waals surface area contributed by atoms with E-state index < -0.39 is 11.9 Å². The monoisotopic (exact) mass is 518 g/mol. The van der Waals surface area contributed by atoms with Crippen LogP contribution in [-0.2, 0) is 4.79 Å². The van der Waals surface area contributed by atoms with E-state index >= 15 is 0 Å². The molecule has 3 aromatic carbocycles. The molecule has 0 bridgehead atoms. The molecule has 1 aliphatic carbocycles. The SMILES string of the molecule is CC1(C)CC(=O)C2=C(C1)Nc1ccccc1N(C(=O)c1ccc(F)cc1)C2c1ccc(Br)cc1. The zero-order chi connectivity index (χ0) is 24.0. The number of ketones is 1. The smallest absolute Gasteiger partial charge is 0.259 e. The quantitative estimate of drug-likeness (QED) is 0.395. The second kappa shape index (κ2) is 8.51. The predicted octanol–water partition coefficient (Wildman–Crippen LogP) is 7.05. The third-order valence-electron chi connectivity index (χ3n) is 6.40. The van der Waals surface area contributed by atoms with Crippen molar-refractivity contribution in [1.82, 2.24) is 0 Å². The standard InChI is InChI=1S/C28H24BrFN2O2/c1-28(2)15-22-25(24(33)16-28)26(17-7-11-19(29)12-8-17)32(23-6-4-3-5-21(23)31-22)27(34)18-9-13-20(30)14-10-18/h3-14,26,31H,15-16H2,1-2H3. The van der Waals surface area contributed by atoms with Crippen LogP contribution in [0, 0.1) is 11.2 Å². The Kier molecular flexibility index (Phi) is 5.64. The second-order valence-corrected chi connectivity index (χ2v) is 10.5. The molecule has 1 atom stereocenters. The van der Waals surface area contributed by atoms with Gasteiger partial charge in [0, 0.05) is 27.7 Å². The lowest BCUT2D eigenvalue weighted by Gasteiger charge is -2.37. The fraction of sp³-hybridized carbons (Fsp3) is 0.214. The molecule has 0 aromatic heterocycles. The number of halogens is 2. The van der Waals surface area contributed by atoms with E-state index in [1.807, 2.05) is 48.5 Å². The van der Waals surface area contributed by atoms with Gasteiger partial charge in [-0.1, -0.05) is 54.0 Å². The Morgan fingerprint density at radius 2 is 1.68 bits per heavy atom. The lowest BCUT2D eigenvalue weighted by atomic mass is 9.73. The topological polar surface area (TPSA) is 49.4 Å². The van der Waals surface area contributed by atoms with Gasteiger partial charge < -0.3 is 5.32 Å². The fourth-order valence-electron chi connectivity index (χ4n) is 4.90. The Labute approximate surface area is 206 Å². The van der Waals surface area contributed by atoms with Crippen molar-refractivity contribution in [2.24, 2.45) is 5.41 Å². The van der Waals surface area contributed by atoms with Gasteiger partial charge in [-0.3, -0.25) is 14.5 Å². The molecule has 0 saturated heterocycles. The Bertz CT molecular complexity index is 1310. The molecule has 4 nitrogen and oxygen atoms in total. The first-order valence-electron chi connectivity index (χ1n) is 11.2.